The van der Waals surface area contributed by atoms with Crippen molar-refractivity contribution >= 4 is 34.3 Å². The van der Waals surface area contributed by atoms with Crippen LogP contribution in [-0.2, 0) is 6.18 Å². The zero-order valence-corrected chi connectivity index (χ0v) is 18.0. The molecule has 0 aliphatic heterocycles. The van der Waals surface area contributed by atoms with Crippen LogP contribution in [0.15, 0.2) is 67.6 Å². The van der Waals surface area contributed by atoms with Crippen LogP contribution in [0.3, 0.4) is 0 Å². The summed E-state index contributed by atoms with van der Waals surface area (Å²) in [5.74, 6) is -1.37. The number of aromatic nitrogens is 6. The lowest BCUT2D eigenvalue weighted by Crippen LogP contribution is -2.15. The van der Waals surface area contributed by atoms with Gasteiger partial charge in [-0.15, -0.1) is 0 Å². The van der Waals surface area contributed by atoms with Gasteiger partial charge in [0.1, 0.15) is 29.2 Å². The summed E-state index contributed by atoms with van der Waals surface area (Å²) in [5.41, 5.74) is 0.814. The maximum Gasteiger partial charge on any atom is 0.417 e. The molecular formula is C23H14F4N8O. The molecular weight excluding hydrogens is 480 g/mol. The fraction of sp³-hybridized carbons (Fsp3) is 0.0435. The normalized spacial score (nSPS) is 11.4. The quantitative estimate of drug-likeness (QED) is 0.295. The third-order valence-corrected chi connectivity index (χ3v) is 5.09. The second-order valence-electron chi connectivity index (χ2n) is 7.46. The van der Waals surface area contributed by atoms with Crippen LogP contribution in [0, 0.1) is 5.82 Å². The van der Waals surface area contributed by atoms with Crippen LogP contribution < -0.4 is 10.6 Å². The van der Waals surface area contributed by atoms with Crippen molar-refractivity contribution in [1.82, 2.24) is 29.9 Å². The lowest BCUT2D eigenvalue weighted by atomic mass is 10.1. The van der Waals surface area contributed by atoms with Gasteiger partial charge in [0.15, 0.2) is 5.65 Å². The average molecular weight is 494 g/mol. The zero-order valence-electron chi connectivity index (χ0n) is 18.0. The van der Waals surface area contributed by atoms with E-state index in [0.717, 1.165) is 12.3 Å². The number of halogens is 4. The third-order valence-electron chi connectivity index (χ3n) is 5.09. The third kappa shape index (κ3) is 4.53. The lowest BCUT2D eigenvalue weighted by molar-refractivity contribution is -0.137. The summed E-state index contributed by atoms with van der Waals surface area (Å²) in [5, 5.41) is 5.34. The van der Waals surface area contributed by atoms with E-state index in [-0.39, 0.29) is 11.3 Å². The van der Waals surface area contributed by atoms with E-state index in [1.54, 1.807) is 18.3 Å². The monoisotopic (exact) mass is 494 g/mol. The standard InChI is InChI=1S/C23H14F4N8O/c24-16-4-3-14(7-17(16)35-22(36)12-6-13(9-28-8-12)23(25,26)27)34-20-15(2-1-5-29-20)18-19-21(32-10-30-18)33-11-31-19/h1-11H,(H,29,34)(H,35,36)(H,30,31,32,33). The molecule has 0 fully saturated rings. The minimum Gasteiger partial charge on any atom is -0.341 e. The fourth-order valence-electron chi connectivity index (χ4n) is 3.41. The summed E-state index contributed by atoms with van der Waals surface area (Å²) in [6.07, 6.45) is 1.28. The highest BCUT2D eigenvalue weighted by Crippen LogP contribution is 2.32. The van der Waals surface area contributed by atoms with E-state index >= 15 is 0 Å². The van der Waals surface area contributed by atoms with Crippen LogP contribution in [0.4, 0.5) is 34.8 Å². The topological polar surface area (TPSA) is 121 Å². The Balaban J connectivity index is 1.43. The molecule has 4 heterocycles. The second-order valence-corrected chi connectivity index (χ2v) is 7.46. The van der Waals surface area contributed by atoms with E-state index in [1.807, 2.05) is 0 Å². The predicted molar refractivity (Wildman–Crippen MR) is 122 cm³/mol. The number of aromatic amines is 1. The minimum atomic E-state index is -4.68. The highest BCUT2D eigenvalue weighted by Gasteiger charge is 2.31. The second kappa shape index (κ2) is 9.02. The number of amides is 1. The molecule has 1 aromatic carbocycles. The number of alkyl halides is 3. The van der Waals surface area contributed by atoms with Crippen LogP contribution in [0.2, 0.25) is 0 Å². The van der Waals surface area contributed by atoms with Crippen LogP contribution in [0.1, 0.15) is 15.9 Å². The van der Waals surface area contributed by atoms with E-state index in [9.17, 15) is 22.4 Å². The number of imidazole rings is 1. The van der Waals surface area contributed by atoms with E-state index in [0.29, 0.717) is 46.2 Å². The van der Waals surface area contributed by atoms with Crippen molar-refractivity contribution in [3.63, 3.8) is 0 Å². The number of carbonyl (C=O) groups is 1. The molecule has 3 N–H and O–H groups in total. The Morgan fingerprint density at radius 3 is 2.69 bits per heavy atom. The number of nitrogens with one attached hydrogen (secondary N) is 3. The van der Waals surface area contributed by atoms with Gasteiger partial charge in [0.25, 0.3) is 5.91 Å². The number of pyridine rings is 2. The van der Waals surface area contributed by atoms with Gasteiger partial charge in [-0.25, -0.2) is 24.3 Å². The number of benzene rings is 1. The first-order chi connectivity index (χ1) is 17.3. The number of hydrogen-bond acceptors (Lipinski definition) is 7. The molecule has 5 rings (SSSR count). The van der Waals surface area contributed by atoms with E-state index in [1.165, 1.54) is 24.8 Å². The zero-order chi connectivity index (χ0) is 25.3. The van der Waals surface area contributed by atoms with Gasteiger partial charge in [-0.2, -0.15) is 13.2 Å². The fourth-order valence-corrected chi connectivity index (χ4v) is 3.41. The molecule has 0 atom stereocenters. The van der Waals surface area contributed by atoms with Crippen molar-refractivity contribution in [2.75, 3.05) is 10.6 Å². The van der Waals surface area contributed by atoms with Gasteiger partial charge in [0.05, 0.1) is 23.1 Å². The summed E-state index contributed by atoms with van der Waals surface area (Å²) in [4.78, 5) is 35.8. The SMILES string of the molecule is O=C(Nc1cc(Nc2ncccc2-c2ncnc3nc[nH]c23)ccc1F)c1cncc(C(F)(F)F)c1. The number of carbonyl (C=O) groups excluding carboxylic acids is 1. The Hall–Kier alpha value is -4.94. The number of anilines is 3. The summed E-state index contributed by atoms with van der Waals surface area (Å²) >= 11 is 0. The number of nitrogens with zero attached hydrogens (tertiary/aromatic N) is 5. The molecule has 9 nitrogen and oxygen atoms in total. The van der Waals surface area contributed by atoms with Crippen molar-refractivity contribution in [1.29, 1.82) is 0 Å². The van der Waals surface area contributed by atoms with Crippen molar-refractivity contribution < 1.29 is 22.4 Å². The van der Waals surface area contributed by atoms with Crippen molar-refractivity contribution in [3.8, 4) is 11.3 Å². The van der Waals surface area contributed by atoms with Gasteiger partial charge in [0, 0.05) is 29.8 Å². The van der Waals surface area contributed by atoms with Crippen LogP contribution in [0.25, 0.3) is 22.4 Å². The molecule has 13 heteroatoms. The van der Waals surface area contributed by atoms with Crippen molar-refractivity contribution in [2.45, 2.75) is 6.18 Å². The Morgan fingerprint density at radius 1 is 1.00 bits per heavy atom. The number of hydrogen-bond donors (Lipinski definition) is 3. The van der Waals surface area contributed by atoms with Crippen LogP contribution >= 0.6 is 0 Å². The van der Waals surface area contributed by atoms with Gasteiger partial charge in [0.2, 0.25) is 0 Å². The molecule has 0 aliphatic carbocycles. The highest BCUT2D eigenvalue weighted by atomic mass is 19.4. The molecule has 0 spiro atoms. The molecule has 5 aromatic rings. The van der Waals surface area contributed by atoms with Crippen molar-refractivity contribution in [2.24, 2.45) is 0 Å². The summed E-state index contributed by atoms with van der Waals surface area (Å²) in [6.45, 7) is 0. The van der Waals surface area contributed by atoms with E-state index in [2.05, 4.69) is 40.5 Å². The molecule has 0 radical (unpaired) electrons. The average Bonchev–Trinajstić information content (AvgIpc) is 3.35. The Labute approximate surface area is 199 Å². The number of fused-ring (bicyclic) bond motifs is 1. The van der Waals surface area contributed by atoms with Gasteiger partial charge in [-0.3, -0.25) is 9.78 Å². The molecule has 0 bridgehead atoms. The smallest absolute Gasteiger partial charge is 0.341 e. The maximum absolute atomic E-state index is 14.5. The number of H-pyrrole nitrogens is 1. The first-order valence-corrected chi connectivity index (χ1v) is 10.3. The first kappa shape index (κ1) is 22.8. The predicted octanol–water partition coefficient (Wildman–Crippen LogP) is 4.96. The molecule has 0 saturated carbocycles. The first-order valence-electron chi connectivity index (χ1n) is 10.3. The van der Waals surface area contributed by atoms with E-state index in [4.69, 9.17) is 0 Å². The Morgan fingerprint density at radius 2 is 1.86 bits per heavy atom. The Kier molecular flexibility index (Phi) is 5.72. The molecule has 0 aliphatic rings. The van der Waals surface area contributed by atoms with Gasteiger partial charge < -0.3 is 15.6 Å². The van der Waals surface area contributed by atoms with Crippen molar-refractivity contribution in [3.05, 3.63) is 84.6 Å². The molecule has 0 saturated heterocycles. The van der Waals surface area contributed by atoms with Crippen LogP contribution in [-0.4, -0.2) is 35.8 Å². The highest BCUT2D eigenvalue weighted by molar-refractivity contribution is 6.04. The lowest BCUT2D eigenvalue weighted by Gasteiger charge is -2.13. The molecule has 4 aromatic heterocycles. The molecule has 180 valence electrons. The number of rotatable bonds is 5. The summed E-state index contributed by atoms with van der Waals surface area (Å²) < 4.78 is 53.3. The Bertz CT molecular complexity index is 1580. The van der Waals surface area contributed by atoms with Gasteiger partial charge in [-0.1, -0.05) is 0 Å². The van der Waals surface area contributed by atoms with Crippen LogP contribution in [0.5, 0.6) is 0 Å². The minimum absolute atomic E-state index is 0.252. The van der Waals surface area contributed by atoms with Gasteiger partial charge >= 0.3 is 6.18 Å². The van der Waals surface area contributed by atoms with Gasteiger partial charge in [-0.05, 0) is 36.4 Å². The maximum atomic E-state index is 14.5. The molecule has 1 amide bonds. The summed E-state index contributed by atoms with van der Waals surface area (Å²) in [6, 6.07) is 7.93. The largest absolute Gasteiger partial charge is 0.417 e. The molecule has 36 heavy (non-hydrogen) atoms. The summed E-state index contributed by atoms with van der Waals surface area (Å²) in [7, 11) is 0. The molecule has 0 unspecified atom stereocenters. The van der Waals surface area contributed by atoms with E-state index < -0.39 is 23.5 Å².